The van der Waals surface area contributed by atoms with Crippen molar-refractivity contribution in [3.63, 3.8) is 0 Å². The molecule has 10 heteroatoms. The summed E-state index contributed by atoms with van der Waals surface area (Å²) in [5.74, 6) is 0.558. The number of nitrogens with zero attached hydrogens (tertiary/aromatic N) is 6. The van der Waals surface area contributed by atoms with Crippen molar-refractivity contribution in [3.8, 4) is 23.0 Å². The summed E-state index contributed by atoms with van der Waals surface area (Å²) in [7, 11) is 6.07. The molecule has 2 aromatic carbocycles. The van der Waals surface area contributed by atoms with Crippen LogP contribution in [0.4, 0.5) is 15.8 Å². The number of amides is 1. The maximum Gasteiger partial charge on any atom is 0.258 e. The van der Waals surface area contributed by atoms with E-state index in [9.17, 15) is 4.79 Å². The number of carbonyl (C=O) groups excluding carboxylic acids is 1. The van der Waals surface area contributed by atoms with E-state index < -0.39 is 11.7 Å². The van der Waals surface area contributed by atoms with Gasteiger partial charge in [-0.2, -0.15) is 0 Å². The Hall–Kier alpha value is -4.44. The lowest BCUT2D eigenvalue weighted by Crippen LogP contribution is -2.25. The van der Waals surface area contributed by atoms with Crippen molar-refractivity contribution in [2.45, 2.75) is 39.5 Å². The molecule has 2 aromatic heterocycles. The number of nitrogens with one attached hydrogen (secondary N) is 1. The number of aryl methyl sites for hydroxylation is 1. The Bertz CT molecular complexity index is 1530. The number of anilines is 2. The SMILES string of the molecule is CCc1ncnc(-c2cccnc2Oc2ccc(F)c(C(=O)Nc3cc(C(C)C)ccc3N(C)CCCN(C)C)c2)n1. The second-order valence-electron chi connectivity index (χ2n) is 10.6. The van der Waals surface area contributed by atoms with E-state index in [-0.39, 0.29) is 23.1 Å². The number of hydrogen-bond donors (Lipinski definition) is 1. The molecule has 0 spiro atoms. The van der Waals surface area contributed by atoms with Gasteiger partial charge in [-0.3, -0.25) is 4.79 Å². The molecule has 0 unspecified atom stereocenters. The van der Waals surface area contributed by atoms with E-state index >= 15 is 4.39 Å². The van der Waals surface area contributed by atoms with E-state index in [4.69, 9.17) is 4.74 Å². The predicted octanol–water partition coefficient (Wildman–Crippen LogP) is 6.19. The summed E-state index contributed by atoms with van der Waals surface area (Å²) in [5.41, 5.74) is 2.96. The van der Waals surface area contributed by atoms with Gasteiger partial charge in [0.2, 0.25) is 5.88 Å². The molecule has 1 N–H and O–H groups in total. The molecular weight excluding hydrogens is 533 g/mol. The summed E-state index contributed by atoms with van der Waals surface area (Å²) in [6.07, 6.45) is 4.63. The number of benzene rings is 2. The molecule has 0 aliphatic heterocycles. The van der Waals surface area contributed by atoms with Crippen molar-refractivity contribution in [3.05, 3.63) is 83.8 Å². The second kappa shape index (κ2) is 14.0. The van der Waals surface area contributed by atoms with Gasteiger partial charge in [-0.15, -0.1) is 0 Å². The van der Waals surface area contributed by atoms with Gasteiger partial charge in [0.15, 0.2) is 5.82 Å². The normalized spacial score (nSPS) is 11.2. The van der Waals surface area contributed by atoms with Crippen LogP contribution in [0.25, 0.3) is 11.4 Å². The van der Waals surface area contributed by atoms with Crippen LogP contribution in [0.2, 0.25) is 0 Å². The Labute approximate surface area is 246 Å². The van der Waals surface area contributed by atoms with Crippen LogP contribution in [0.3, 0.4) is 0 Å². The van der Waals surface area contributed by atoms with Crippen molar-refractivity contribution in [1.29, 1.82) is 0 Å². The van der Waals surface area contributed by atoms with Crippen LogP contribution < -0.4 is 15.0 Å². The number of rotatable bonds is 12. The van der Waals surface area contributed by atoms with Crippen molar-refractivity contribution >= 4 is 17.3 Å². The minimum absolute atomic E-state index is 0.144. The molecule has 9 nitrogen and oxygen atoms in total. The van der Waals surface area contributed by atoms with E-state index in [2.05, 4.69) is 55.0 Å². The van der Waals surface area contributed by atoms with Crippen molar-refractivity contribution in [2.24, 2.45) is 0 Å². The molecule has 0 bridgehead atoms. The predicted molar refractivity (Wildman–Crippen MR) is 164 cm³/mol. The minimum atomic E-state index is -0.660. The van der Waals surface area contributed by atoms with Gasteiger partial charge in [0.1, 0.15) is 23.7 Å². The molecule has 0 aliphatic carbocycles. The number of halogens is 1. The Morgan fingerprint density at radius 3 is 2.57 bits per heavy atom. The van der Waals surface area contributed by atoms with Gasteiger partial charge in [0.05, 0.1) is 22.5 Å². The van der Waals surface area contributed by atoms with Crippen LogP contribution >= 0.6 is 0 Å². The first kappa shape index (κ1) is 30.5. The summed E-state index contributed by atoms with van der Waals surface area (Å²) in [6.45, 7) is 7.88. The molecule has 2 heterocycles. The number of aromatic nitrogens is 4. The van der Waals surface area contributed by atoms with Gasteiger partial charge in [0.25, 0.3) is 5.91 Å². The number of pyridine rings is 1. The lowest BCUT2D eigenvalue weighted by atomic mass is 10.0. The summed E-state index contributed by atoms with van der Waals surface area (Å²) in [4.78, 5) is 34.9. The van der Waals surface area contributed by atoms with E-state index in [0.29, 0.717) is 29.3 Å². The Balaban J connectivity index is 1.60. The summed E-state index contributed by atoms with van der Waals surface area (Å²) < 4.78 is 21.1. The minimum Gasteiger partial charge on any atom is -0.438 e. The Morgan fingerprint density at radius 1 is 1.02 bits per heavy atom. The van der Waals surface area contributed by atoms with E-state index in [0.717, 1.165) is 30.8 Å². The fourth-order valence-corrected chi connectivity index (χ4v) is 4.41. The highest BCUT2D eigenvalue weighted by molar-refractivity contribution is 6.06. The number of carbonyl (C=O) groups is 1. The molecule has 220 valence electrons. The zero-order chi connectivity index (χ0) is 30.2. The molecule has 0 saturated heterocycles. The highest BCUT2D eigenvalue weighted by Crippen LogP contribution is 2.32. The topological polar surface area (TPSA) is 96.4 Å². The van der Waals surface area contributed by atoms with Crippen molar-refractivity contribution < 1.29 is 13.9 Å². The molecule has 4 aromatic rings. The lowest BCUT2D eigenvalue weighted by molar-refractivity contribution is 0.102. The van der Waals surface area contributed by atoms with E-state index in [1.165, 1.54) is 24.5 Å². The van der Waals surface area contributed by atoms with Crippen molar-refractivity contribution in [2.75, 3.05) is 44.4 Å². The lowest BCUT2D eigenvalue weighted by Gasteiger charge is -2.24. The first-order chi connectivity index (χ1) is 20.2. The first-order valence-corrected chi connectivity index (χ1v) is 14.1. The van der Waals surface area contributed by atoms with Gasteiger partial charge in [0, 0.05) is 26.2 Å². The third kappa shape index (κ3) is 7.64. The number of hydrogen-bond acceptors (Lipinski definition) is 8. The molecule has 42 heavy (non-hydrogen) atoms. The average Bonchev–Trinajstić information content (AvgIpc) is 2.98. The third-order valence-electron chi connectivity index (χ3n) is 6.79. The number of ether oxygens (including phenoxy) is 1. The summed E-state index contributed by atoms with van der Waals surface area (Å²) in [5, 5.41) is 2.95. The molecule has 0 atom stereocenters. The Kier molecular flexibility index (Phi) is 10.1. The van der Waals surface area contributed by atoms with Gasteiger partial charge in [-0.1, -0.05) is 26.8 Å². The highest BCUT2D eigenvalue weighted by atomic mass is 19.1. The zero-order valence-electron chi connectivity index (χ0n) is 25.1. The summed E-state index contributed by atoms with van der Waals surface area (Å²) >= 11 is 0. The fraction of sp³-hybridized carbons (Fsp3) is 0.344. The van der Waals surface area contributed by atoms with Crippen LogP contribution in [0.5, 0.6) is 11.6 Å². The van der Waals surface area contributed by atoms with Gasteiger partial charge < -0.3 is 19.9 Å². The molecule has 0 aliphatic rings. The monoisotopic (exact) mass is 571 g/mol. The van der Waals surface area contributed by atoms with Crippen molar-refractivity contribution in [1.82, 2.24) is 24.8 Å². The van der Waals surface area contributed by atoms with Crippen LogP contribution in [0.15, 0.2) is 61.1 Å². The molecular formula is C32H38FN7O2. The maximum absolute atomic E-state index is 15.0. The Morgan fingerprint density at radius 2 is 1.83 bits per heavy atom. The van der Waals surface area contributed by atoms with Crippen LogP contribution in [0.1, 0.15) is 54.9 Å². The smallest absolute Gasteiger partial charge is 0.258 e. The first-order valence-electron chi connectivity index (χ1n) is 14.1. The quantitative estimate of drug-likeness (QED) is 0.215. The molecule has 0 radical (unpaired) electrons. The van der Waals surface area contributed by atoms with Gasteiger partial charge in [-0.05, 0) is 81.0 Å². The largest absolute Gasteiger partial charge is 0.438 e. The van der Waals surface area contributed by atoms with Crippen LogP contribution in [-0.4, -0.2) is 65.0 Å². The average molecular weight is 572 g/mol. The molecule has 0 fully saturated rings. The standard InChI is InChI=1S/C32H38FN7O2/c1-7-29-35-20-36-30(38-29)24-10-8-15-34-32(24)42-23-12-13-26(33)25(19-23)31(41)37-27-18-22(21(2)3)11-14-28(27)40(6)17-9-16-39(4)5/h8,10-15,18-21H,7,9,16-17H2,1-6H3,(H,37,41). The van der Waals surface area contributed by atoms with Crippen LogP contribution in [0, 0.1) is 5.82 Å². The molecule has 0 saturated carbocycles. The van der Waals surface area contributed by atoms with Gasteiger partial charge >= 0.3 is 0 Å². The maximum atomic E-state index is 15.0. The van der Waals surface area contributed by atoms with E-state index in [1.54, 1.807) is 18.3 Å². The van der Waals surface area contributed by atoms with Crippen LogP contribution in [-0.2, 0) is 6.42 Å². The third-order valence-corrected chi connectivity index (χ3v) is 6.79. The van der Waals surface area contributed by atoms with Gasteiger partial charge in [-0.25, -0.2) is 24.3 Å². The summed E-state index contributed by atoms with van der Waals surface area (Å²) in [6, 6.07) is 13.6. The fourth-order valence-electron chi connectivity index (χ4n) is 4.41. The molecule has 4 rings (SSSR count). The second-order valence-corrected chi connectivity index (χ2v) is 10.6. The molecule has 1 amide bonds. The zero-order valence-corrected chi connectivity index (χ0v) is 25.1. The van der Waals surface area contributed by atoms with E-state index in [1.807, 2.05) is 40.2 Å². The highest BCUT2D eigenvalue weighted by Gasteiger charge is 2.19.